The lowest BCUT2D eigenvalue weighted by molar-refractivity contribution is 0.507. The number of furan rings is 1. The maximum atomic E-state index is 5.84. The Morgan fingerprint density at radius 1 is 1.50 bits per heavy atom. The molecule has 0 spiro atoms. The van der Waals surface area contributed by atoms with Gasteiger partial charge in [-0.1, -0.05) is 0 Å². The molecule has 0 saturated heterocycles. The van der Waals surface area contributed by atoms with E-state index >= 15 is 0 Å². The average Bonchev–Trinajstić information content (AvgIpc) is 2.74. The first-order valence-corrected chi connectivity index (χ1v) is 5.12. The minimum Gasteiger partial charge on any atom is -0.467 e. The molecule has 2 aromatic heterocycles. The lowest BCUT2D eigenvalue weighted by Gasteiger charge is -2.17. The number of hydrogen-bond donors (Lipinski definition) is 1. The maximum absolute atomic E-state index is 5.84. The molecule has 0 saturated carbocycles. The Morgan fingerprint density at radius 3 is 2.94 bits per heavy atom. The Labute approximate surface area is 94.7 Å². The summed E-state index contributed by atoms with van der Waals surface area (Å²) in [6.45, 7) is 2.63. The minimum atomic E-state index is 0.683. The van der Waals surface area contributed by atoms with Crippen LogP contribution >= 0.6 is 0 Å². The molecule has 4 nitrogen and oxygen atoms in total. The van der Waals surface area contributed by atoms with Gasteiger partial charge in [-0.15, -0.1) is 0 Å². The van der Waals surface area contributed by atoms with E-state index in [0.717, 1.165) is 22.8 Å². The van der Waals surface area contributed by atoms with Crippen LogP contribution < -0.4 is 10.6 Å². The number of nitrogens with zero attached hydrogens (tertiary/aromatic N) is 2. The first-order chi connectivity index (χ1) is 7.66. The van der Waals surface area contributed by atoms with Crippen LogP contribution in [-0.2, 0) is 6.54 Å². The van der Waals surface area contributed by atoms with E-state index in [0.29, 0.717) is 6.54 Å². The second kappa shape index (κ2) is 4.26. The normalized spacial score (nSPS) is 10.4. The number of nitrogens with two attached hydrogens (primary N) is 1. The molecule has 84 valence electrons. The molecule has 2 aromatic rings. The van der Waals surface area contributed by atoms with Gasteiger partial charge in [-0.05, 0) is 24.6 Å². The molecule has 0 fully saturated rings. The summed E-state index contributed by atoms with van der Waals surface area (Å²) in [4.78, 5) is 6.32. The predicted octanol–water partition coefficient (Wildman–Crippen LogP) is 2.20. The number of rotatable bonds is 3. The summed E-state index contributed by atoms with van der Waals surface area (Å²) in [5.41, 5.74) is 7.60. The van der Waals surface area contributed by atoms with Gasteiger partial charge in [0, 0.05) is 25.0 Å². The van der Waals surface area contributed by atoms with Crippen LogP contribution in [0.3, 0.4) is 0 Å². The third-order valence-corrected chi connectivity index (χ3v) is 2.49. The van der Waals surface area contributed by atoms with Gasteiger partial charge in [0.25, 0.3) is 0 Å². The largest absolute Gasteiger partial charge is 0.467 e. The first kappa shape index (κ1) is 10.5. The summed E-state index contributed by atoms with van der Waals surface area (Å²) >= 11 is 0. The smallest absolute Gasteiger partial charge is 0.130 e. The number of pyridine rings is 1. The SMILES string of the molecule is Cc1cnc(N(C)Cc2ccco2)cc1N. The topological polar surface area (TPSA) is 55.3 Å². The molecule has 4 heteroatoms. The fourth-order valence-corrected chi connectivity index (χ4v) is 1.45. The lowest BCUT2D eigenvalue weighted by atomic mass is 10.2. The molecule has 0 aliphatic rings. The molecular weight excluding hydrogens is 202 g/mol. The Bertz CT molecular complexity index is 465. The van der Waals surface area contributed by atoms with Crippen molar-refractivity contribution in [3.05, 3.63) is 42.0 Å². The standard InChI is InChI=1S/C12H15N3O/c1-9-7-14-12(6-11(9)13)15(2)8-10-4-3-5-16-10/h3-7H,8H2,1-2H3,(H2,13,14). The van der Waals surface area contributed by atoms with Crippen LogP contribution in [0.1, 0.15) is 11.3 Å². The molecule has 16 heavy (non-hydrogen) atoms. The van der Waals surface area contributed by atoms with Crippen LogP contribution in [0.25, 0.3) is 0 Å². The highest BCUT2D eigenvalue weighted by Crippen LogP contribution is 2.18. The van der Waals surface area contributed by atoms with Crippen LogP contribution in [0.5, 0.6) is 0 Å². The van der Waals surface area contributed by atoms with Gasteiger partial charge in [0.05, 0.1) is 12.8 Å². The summed E-state index contributed by atoms with van der Waals surface area (Å²) in [5.74, 6) is 1.75. The van der Waals surface area contributed by atoms with Gasteiger partial charge >= 0.3 is 0 Å². The quantitative estimate of drug-likeness (QED) is 0.856. The molecule has 0 aliphatic carbocycles. The van der Waals surface area contributed by atoms with Crippen LogP contribution in [-0.4, -0.2) is 12.0 Å². The second-order valence-corrected chi connectivity index (χ2v) is 3.83. The van der Waals surface area contributed by atoms with Crippen molar-refractivity contribution in [2.75, 3.05) is 17.7 Å². The van der Waals surface area contributed by atoms with Crippen molar-refractivity contribution in [2.45, 2.75) is 13.5 Å². The first-order valence-electron chi connectivity index (χ1n) is 5.12. The fraction of sp³-hybridized carbons (Fsp3) is 0.250. The Hall–Kier alpha value is -1.97. The number of aryl methyl sites for hydroxylation is 1. The monoisotopic (exact) mass is 217 g/mol. The van der Waals surface area contributed by atoms with Crippen molar-refractivity contribution in [1.82, 2.24) is 4.98 Å². The third-order valence-electron chi connectivity index (χ3n) is 2.49. The highest BCUT2D eigenvalue weighted by Gasteiger charge is 2.06. The maximum Gasteiger partial charge on any atom is 0.130 e. The summed E-state index contributed by atoms with van der Waals surface area (Å²) in [6.07, 6.45) is 3.45. The van der Waals surface area contributed by atoms with Gasteiger partial charge in [0.15, 0.2) is 0 Å². The zero-order valence-corrected chi connectivity index (χ0v) is 9.47. The van der Waals surface area contributed by atoms with Crippen LogP contribution in [0, 0.1) is 6.92 Å². The van der Waals surface area contributed by atoms with E-state index in [-0.39, 0.29) is 0 Å². The Kier molecular flexibility index (Phi) is 2.81. The van der Waals surface area contributed by atoms with Crippen molar-refractivity contribution in [1.29, 1.82) is 0 Å². The van der Waals surface area contributed by atoms with Crippen LogP contribution in [0.2, 0.25) is 0 Å². The van der Waals surface area contributed by atoms with Crippen molar-refractivity contribution in [3.8, 4) is 0 Å². The van der Waals surface area contributed by atoms with Gasteiger partial charge < -0.3 is 15.1 Å². The molecule has 2 heterocycles. The highest BCUT2D eigenvalue weighted by atomic mass is 16.3. The third kappa shape index (κ3) is 2.16. The number of nitrogen functional groups attached to an aromatic ring is 1. The van der Waals surface area contributed by atoms with E-state index in [4.69, 9.17) is 10.2 Å². The molecule has 0 atom stereocenters. The molecule has 0 unspecified atom stereocenters. The molecule has 2 rings (SSSR count). The van der Waals surface area contributed by atoms with E-state index in [1.165, 1.54) is 0 Å². The zero-order chi connectivity index (χ0) is 11.5. The summed E-state index contributed by atoms with van der Waals surface area (Å²) < 4.78 is 5.28. The molecule has 2 N–H and O–H groups in total. The predicted molar refractivity (Wildman–Crippen MR) is 64.2 cm³/mol. The van der Waals surface area contributed by atoms with Crippen LogP contribution in [0.4, 0.5) is 11.5 Å². The van der Waals surface area contributed by atoms with E-state index in [1.54, 1.807) is 12.5 Å². The lowest BCUT2D eigenvalue weighted by Crippen LogP contribution is -2.17. The van der Waals surface area contributed by atoms with E-state index in [9.17, 15) is 0 Å². The molecule has 0 bridgehead atoms. The molecule has 0 aliphatic heterocycles. The molecule has 0 radical (unpaired) electrons. The van der Waals surface area contributed by atoms with E-state index < -0.39 is 0 Å². The van der Waals surface area contributed by atoms with Crippen LogP contribution in [0.15, 0.2) is 35.1 Å². The van der Waals surface area contributed by atoms with Crippen molar-refractivity contribution >= 4 is 11.5 Å². The van der Waals surface area contributed by atoms with Gasteiger partial charge in [-0.2, -0.15) is 0 Å². The molecule has 0 aromatic carbocycles. The number of anilines is 2. The van der Waals surface area contributed by atoms with Crippen molar-refractivity contribution < 1.29 is 4.42 Å². The fourth-order valence-electron chi connectivity index (χ4n) is 1.45. The number of hydrogen-bond acceptors (Lipinski definition) is 4. The minimum absolute atomic E-state index is 0.683. The van der Waals surface area contributed by atoms with Crippen molar-refractivity contribution in [2.24, 2.45) is 0 Å². The molecule has 0 amide bonds. The van der Waals surface area contributed by atoms with Gasteiger partial charge in [-0.25, -0.2) is 4.98 Å². The van der Waals surface area contributed by atoms with E-state index in [1.807, 2.05) is 37.1 Å². The Morgan fingerprint density at radius 2 is 2.31 bits per heavy atom. The number of aromatic nitrogens is 1. The summed E-state index contributed by atoms with van der Waals surface area (Å²) in [7, 11) is 1.96. The van der Waals surface area contributed by atoms with Gasteiger partial charge in [0.1, 0.15) is 11.6 Å². The highest BCUT2D eigenvalue weighted by molar-refractivity contribution is 5.54. The Balaban J connectivity index is 2.14. The zero-order valence-electron chi connectivity index (χ0n) is 9.47. The van der Waals surface area contributed by atoms with Gasteiger partial charge in [-0.3, -0.25) is 0 Å². The molecular formula is C12H15N3O. The summed E-state index contributed by atoms with van der Waals surface area (Å²) in [5, 5.41) is 0. The average molecular weight is 217 g/mol. The van der Waals surface area contributed by atoms with Gasteiger partial charge in [0.2, 0.25) is 0 Å². The second-order valence-electron chi connectivity index (χ2n) is 3.83. The van der Waals surface area contributed by atoms with Crippen molar-refractivity contribution in [3.63, 3.8) is 0 Å². The van der Waals surface area contributed by atoms with E-state index in [2.05, 4.69) is 4.98 Å². The summed E-state index contributed by atoms with van der Waals surface area (Å²) in [6, 6.07) is 5.69.